The second-order valence-corrected chi connectivity index (χ2v) is 6.25. The van der Waals surface area contributed by atoms with Crippen LogP contribution in [-0.4, -0.2) is 54.5 Å². The largest absolute Gasteiger partial charge is 0.370 e. The molecule has 1 aliphatic rings. The van der Waals surface area contributed by atoms with Gasteiger partial charge in [-0.1, -0.05) is 27.7 Å². The highest BCUT2D eigenvalue weighted by atomic mass is 127. The van der Waals surface area contributed by atoms with E-state index in [9.17, 15) is 0 Å². The van der Waals surface area contributed by atoms with E-state index in [1.807, 2.05) is 0 Å². The zero-order valence-electron chi connectivity index (χ0n) is 14.3. The third-order valence-corrected chi connectivity index (χ3v) is 4.22. The highest BCUT2D eigenvalue weighted by Crippen LogP contribution is 2.13. The minimum absolute atomic E-state index is 0. The van der Waals surface area contributed by atoms with Crippen LogP contribution in [0.15, 0.2) is 4.99 Å². The Morgan fingerprint density at radius 3 is 2.19 bits per heavy atom. The zero-order chi connectivity index (χ0) is 15.0. The number of likely N-dealkylation sites (N-methyl/N-ethyl adjacent to an activating group) is 1. The number of nitrogens with zero attached hydrogens (tertiary/aromatic N) is 3. The van der Waals surface area contributed by atoms with E-state index in [2.05, 4.69) is 37.5 Å². The lowest BCUT2D eigenvalue weighted by Crippen LogP contribution is -2.43. The highest BCUT2D eigenvalue weighted by Gasteiger charge is 2.18. The van der Waals surface area contributed by atoms with Crippen molar-refractivity contribution in [2.45, 2.75) is 59.4 Å². The average Bonchev–Trinajstić information content (AvgIpc) is 2.45. The molecule has 0 spiro atoms. The van der Waals surface area contributed by atoms with E-state index in [4.69, 9.17) is 10.7 Å². The smallest absolute Gasteiger partial charge is 0.191 e. The molecule has 1 unspecified atom stereocenters. The average molecular weight is 410 g/mol. The number of hydrogen-bond donors (Lipinski definition) is 1. The third kappa shape index (κ3) is 7.68. The van der Waals surface area contributed by atoms with Gasteiger partial charge < -0.3 is 10.6 Å². The zero-order valence-corrected chi connectivity index (χ0v) is 16.7. The first-order valence-electron chi connectivity index (χ1n) is 8.37. The van der Waals surface area contributed by atoms with Crippen molar-refractivity contribution >= 4 is 29.9 Å². The minimum Gasteiger partial charge on any atom is -0.370 e. The van der Waals surface area contributed by atoms with Gasteiger partial charge in [0, 0.05) is 19.1 Å². The minimum atomic E-state index is 0. The lowest BCUT2D eigenvalue weighted by atomic mass is 10.0. The summed E-state index contributed by atoms with van der Waals surface area (Å²) in [5, 5.41) is 0. The van der Waals surface area contributed by atoms with Gasteiger partial charge in [-0.2, -0.15) is 0 Å². The molecule has 2 N–H and O–H groups in total. The summed E-state index contributed by atoms with van der Waals surface area (Å²) >= 11 is 0. The number of likely N-dealkylation sites (tertiary alicyclic amines) is 1. The molecule has 0 aromatic carbocycles. The number of rotatable bonds is 7. The predicted molar refractivity (Wildman–Crippen MR) is 103 cm³/mol. The van der Waals surface area contributed by atoms with E-state index in [1.165, 1.54) is 25.7 Å². The van der Waals surface area contributed by atoms with Gasteiger partial charge in [0.05, 0.1) is 6.54 Å². The lowest BCUT2D eigenvalue weighted by Gasteiger charge is -2.31. The molecule has 0 aromatic heterocycles. The molecule has 1 fully saturated rings. The molecule has 1 atom stereocenters. The molecule has 0 aliphatic carbocycles. The Hall–Kier alpha value is -0.0400. The van der Waals surface area contributed by atoms with Crippen molar-refractivity contribution < 1.29 is 0 Å². The van der Waals surface area contributed by atoms with Crippen LogP contribution in [0.2, 0.25) is 0 Å². The summed E-state index contributed by atoms with van der Waals surface area (Å²) in [6, 6.07) is 0.522. The van der Waals surface area contributed by atoms with Crippen LogP contribution in [-0.2, 0) is 0 Å². The van der Waals surface area contributed by atoms with Crippen LogP contribution in [0.3, 0.4) is 0 Å². The van der Waals surface area contributed by atoms with Gasteiger partial charge in [0.15, 0.2) is 5.96 Å². The van der Waals surface area contributed by atoms with Crippen molar-refractivity contribution in [2.24, 2.45) is 16.6 Å². The van der Waals surface area contributed by atoms with Crippen LogP contribution in [0.1, 0.15) is 53.4 Å². The Morgan fingerprint density at radius 2 is 1.71 bits per heavy atom. The Bertz CT molecular complexity index is 284. The molecule has 1 saturated heterocycles. The van der Waals surface area contributed by atoms with Gasteiger partial charge in [-0.15, -0.1) is 24.0 Å². The first-order valence-corrected chi connectivity index (χ1v) is 8.37. The molecule has 4 nitrogen and oxygen atoms in total. The van der Waals surface area contributed by atoms with Gasteiger partial charge in [-0.25, -0.2) is 0 Å². The molecule has 0 radical (unpaired) electrons. The fourth-order valence-electron chi connectivity index (χ4n) is 3.05. The van der Waals surface area contributed by atoms with E-state index in [1.54, 1.807) is 0 Å². The monoisotopic (exact) mass is 410 g/mol. The lowest BCUT2D eigenvalue weighted by molar-refractivity contribution is 0.195. The van der Waals surface area contributed by atoms with E-state index in [0.29, 0.717) is 12.0 Å². The molecule has 0 saturated carbocycles. The first kappa shape index (κ1) is 21.0. The van der Waals surface area contributed by atoms with Crippen LogP contribution in [0.4, 0.5) is 0 Å². The van der Waals surface area contributed by atoms with Crippen LogP contribution < -0.4 is 5.73 Å². The molecule has 5 heteroatoms. The second kappa shape index (κ2) is 11.5. The Balaban J connectivity index is 0.00000400. The maximum Gasteiger partial charge on any atom is 0.191 e. The van der Waals surface area contributed by atoms with Crippen molar-refractivity contribution in [3.63, 3.8) is 0 Å². The number of aliphatic imine (C=N–C) groups is 1. The summed E-state index contributed by atoms with van der Waals surface area (Å²) in [7, 11) is 0. The number of nitrogens with two attached hydrogens (primary N) is 1. The van der Waals surface area contributed by atoms with Crippen LogP contribution >= 0.6 is 24.0 Å². The molecule has 0 bridgehead atoms. The molecule has 1 aliphatic heterocycles. The number of piperidine rings is 1. The number of halogens is 1. The van der Waals surface area contributed by atoms with Crippen molar-refractivity contribution in [2.75, 3.05) is 32.7 Å². The van der Waals surface area contributed by atoms with Gasteiger partial charge in [0.2, 0.25) is 0 Å². The molecule has 126 valence electrons. The number of guanidine groups is 1. The topological polar surface area (TPSA) is 44.9 Å². The summed E-state index contributed by atoms with van der Waals surface area (Å²) in [6.45, 7) is 14.2. The van der Waals surface area contributed by atoms with Crippen molar-refractivity contribution in [3.05, 3.63) is 0 Å². The third-order valence-electron chi connectivity index (χ3n) is 4.22. The summed E-state index contributed by atoms with van der Waals surface area (Å²) in [6.07, 6.45) is 5.03. The molecule has 21 heavy (non-hydrogen) atoms. The van der Waals surface area contributed by atoms with Crippen LogP contribution in [0.25, 0.3) is 0 Å². The van der Waals surface area contributed by atoms with E-state index in [-0.39, 0.29) is 24.0 Å². The van der Waals surface area contributed by atoms with Gasteiger partial charge in [-0.05, 0) is 44.7 Å². The predicted octanol–water partition coefficient (Wildman–Crippen LogP) is 3.16. The van der Waals surface area contributed by atoms with Crippen molar-refractivity contribution in [3.8, 4) is 0 Å². The molecule has 1 heterocycles. The maximum absolute atomic E-state index is 6.17. The molecule has 1 rings (SSSR count). The summed E-state index contributed by atoms with van der Waals surface area (Å²) in [5.41, 5.74) is 6.17. The molecule has 0 amide bonds. The Morgan fingerprint density at radius 1 is 1.14 bits per heavy atom. The summed E-state index contributed by atoms with van der Waals surface area (Å²) in [4.78, 5) is 9.45. The molecular weight excluding hydrogens is 375 g/mol. The Labute approximate surface area is 148 Å². The van der Waals surface area contributed by atoms with E-state index in [0.717, 1.165) is 38.7 Å². The van der Waals surface area contributed by atoms with E-state index < -0.39 is 0 Å². The van der Waals surface area contributed by atoms with Gasteiger partial charge in [0.25, 0.3) is 0 Å². The maximum atomic E-state index is 6.17. The Kier molecular flexibility index (Phi) is 11.5. The quantitative estimate of drug-likeness (QED) is 0.399. The molecular formula is C16H35IN4. The van der Waals surface area contributed by atoms with Crippen molar-refractivity contribution in [1.82, 2.24) is 9.80 Å². The fourth-order valence-corrected chi connectivity index (χ4v) is 3.05. The van der Waals surface area contributed by atoms with E-state index >= 15 is 0 Å². The van der Waals surface area contributed by atoms with Gasteiger partial charge in [-0.3, -0.25) is 9.89 Å². The van der Waals surface area contributed by atoms with Gasteiger partial charge in [0.1, 0.15) is 0 Å². The van der Waals surface area contributed by atoms with Gasteiger partial charge >= 0.3 is 0 Å². The second-order valence-electron chi connectivity index (χ2n) is 6.25. The van der Waals surface area contributed by atoms with Crippen LogP contribution in [0, 0.1) is 5.92 Å². The summed E-state index contributed by atoms with van der Waals surface area (Å²) < 4.78 is 0. The number of hydrogen-bond acceptors (Lipinski definition) is 2. The summed E-state index contributed by atoms with van der Waals surface area (Å²) in [5.74, 6) is 1.46. The SMILES string of the molecule is CCN(CC)C(CN=C(N)N1CCCCC1)CC(C)C.I. The standard InChI is InChI=1S/C16H34N4.HI/c1-5-19(6-2)15(12-14(3)4)13-18-16(17)20-10-8-7-9-11-20;/h14-15H,5-13H2,1-4H3,(H2,17,18);1H. The van der Waals surface area contributed by atoms with Crippen LogP contribution in [0.5, 0.6) is 0 Å². The normalized spacial score (nSPS) is 18.0. The molecule has 0 aromatic rings. The fraction of sp³-hybridized carbons (Fsp3) is 0.938. The first-order chi connectivity index (χ1) is 9.58. The highest BCUT2D eigenvalue weighted by molar-refractivity contribution is 14.0. The van der Waals surface area contributed by atoms with Crippen molar-refractivity contribution in [1.29, 1.82) is 0 Å².